The van der Waals surface area contributed by atoms with Crippen molar-refractivity contribution in [2.45, 2.75) is 18.6 Å². The minimum absolute atomic E-state index is 0.320. The molecule has 0 aromatic heterocycles. The molecular weight excluding hydrogens is 342 g/mol. The van der Waals surface area contributed by atoms with Gasteiger partial charge >= 0.3 is 0 Å². The van der Waals surface area contributed by atoms with Gasteiger partial charge in [0.05, 0.1) is 18.9 Å². The zero-order chi connectivity index (χ0) is 18.3. The number of benzene rings is 2. The van der Waals surface area contributed by atoms with Crippen molar-refractivity contribution in [2.75, 3.05) is 12.9 Å². The van der Waals surface area contributed by atoms with Gasteiger partial charge in [-0.1, -0.05) is 48.5 Å². The summed E-state index contributed by atoms with van der Waals surface area (Å²) in [6.07, 6.45) is 0.150. The highest BCUT2D eigenvalue weighted by molar-refractivity contribution is 7.86. The second-order valence-electron chi connectivity index (χ2n) is 5.66. The molecule has 0 radical (unpaired) electrons. The molecule has 6 nitrogen and oxygen atoms in total. The zero-order valence-corrected chi connectivity index (χ0v) is 14.6. The van der Waals surface area contributed by atoms with Crippen LogP contribution in [0.3, 0.4) is 0 Å². The first-order chi connectivity index (χ1) is 11.9. The van der Waals surface area contributed by atoms with Crippen molar-refractivity contribution in [3.05, 3.63) is 71.8 Å². The standard InChI is InChI=1S/C18H21NO5S/c1-25(22,23)24-17(13-20)16(12-14-8-4-2-5-9-14)19-18(21)15-10-6-3-7-11-15/h2-11,16-17,20H,12-13H2,1H3,(H,19,21)/t16-,17-/m0/s1. The maximum Gasteiger partial charge on any atom is 0.264 e. The Morgan fingerprint density at radius 3 is 2.16 bits per heavy atom. The molecule has 134 valence electrons. The summed E-state index contributed by atoms with van der Waals surface area (Å²) in [5, 5.41) is 12.3. The number of carbonyl (C=O) groups is 1. The summed E-state index contributed by atoms with van der Waals surface area (Å²) in [6, 6.07) is 17.1. The summed E-state index contributed by atoms with van der Waals surface area (Å²) in [5.74, 6) is -0.364. The summed E-state index contributed by atoms with van der Waals surface area (Å²) < 4.78 is 27.9. The van der Waals surface area contributed by atoms with E-state index in [2.05, 4.69) is 5.32 Å². The molecule has 2 atom stereocenters. The molecule has 0 heterocycles. The maximum absolute atomic E-state index is 12.4. The Hall–Kier alpha value is -2.22. The number of amides is 1. The van der Waals surface area contributed by atoms with Crippen molar-refractivity contribution in [3.63, 3.8) is 0 Å². The molecule has 0 fully saturated rings. The summed E-state index contributed by atoms with van der Waals surface area (Å²) in [6.45, 7) is -0.542. The Morgan fingerprint density at radius 2 is 1.64 bits per heavy atom. The smallest absolute Gasteiger partial charge is 0.264 e. The fourth-order valence-electron chi connectivity index (χ4n) is 2.43. The van der Waals surface area contributed by atoms with Crippen molar-refractivity contribution >= 4 is 16.0 Å². The minimum atomic E-state index is -3.78. The summed E-state index contributed by atoms with van der Waals surface area (Å²) in [4.78, 5) is 12.4. The van der Waals surface area contributed by atoms with E-state index >= 15 is 0 Å². The van der Waals surface area contributed by atoms with Gasteiger partial charge in [-0.3, -0.25) is 8.98 Å². The molecule has 0 saturated heterocycles. The van der Waals surface area contributed by atoms with E-state index in [0.717, 1.165) is 11.8 Å². The second-order valence-corrected chi connectivity index (χ2v) is 7.26. The number of carbonyl (C=O) groups excluding carboxylic acids is 1. The van der Waals surface area contributed by atoms with Crippen LogP contribution in [0.15, 0.2) is 60.7 Å². The van der Waals surface area contributed by atoms with Gasteiger partial charge in [0.2, 0.25) is 0 Å². The SMILES string of the molecule is CS(=O)(=O)O[C@@H](CO)[C@H](Cc1ccccc1)NC(=O)c1ccccc1. The lowest BCUT2D eigenvalue weighted by Gasteiger charge is -2.26. The Kier molecular flexibility index (Phi) is 6.69. The number of hydrogen-bond donors (Lipinski definition) is 2. The third kappa shape index (κ3) is 6.30. The van der Waals surface area contributed by atoms with Gasteiger partial charge in [0.25, 0.3) is 16.0 Å². The van der Waals surface area contributed by atoms with Crippen molar-refractivity contribution in [3.8, 4) is 0 Å². The fourth-order valence-corrected chi connectivity index (χ4v) is 3.08. The molecular formula is C18H21NO5S. The van der Waals surface area contributed by atoms with Gasteiger partial charge in [-0.25, -0.2) is 0 Å². The van der Waals surface area contributed by atoms with Crippen LogP contribution in [0, 0.1) is 0 Å². The van der Waals surface area contributed by atoms with Gasteiger partial charge in [-0.2, -0.15) is 8.42 Å². The van der Waals surface area contributed by atoms with Crippen molar-refractivity contribution in [1.29, 1.82) is 0 Å². The van der Waals surface area contributed by atoms with E-state index in [1.54, 1.807) is 30.3 Å². The minimum Gasteiger partial charge on any atom is -0.394 e. The van der Waals surface area contributed by atoms with E-state index in [4.69, 9.17) is 4.18 Å². The lowest BCUT2D eigenvalue weighted by atomic mass is 10.0. The number of aliphatic hydroxyl groups excluding tert-OH is 1. The first-order valence-electron chi connectivity index (χ1n) is 7.78. The van der Waals surface area contributed by atoms with Crippen LogP contribution in [0.5, 0.6) is 0 Å². The van der Waals surface area contributed by atoms with Crippen LogP contribution in [-0.2, 0) is 20.7 Å². The topological polar surface area (TPSA) is 92.7 Å². The number of nitrogens with one attached hydrogen (secondary N) is 1. The summed E-state index contributed by atoms with van der Waals surface area (Å²) in [5.41, 5.74) is 1.33. The molecule has 0 unspecified atom stereocenters. The molecule has 2 aromatic rings. The van der Waals surface area contributed by atoms with Crippen molar-refractivity contribution in [2.24, 2.45) is 0 Å². The highest BCUT2D eigenvalue weighted by atomic mass is 32.2. The van der Waals surface area contributed by atoms with E-state index < -0.39 is 28.9 Å². The van der Waals surface area contributed by atoms with E-state index in [1.807, 2.05) is 30.3 Å². The Bertz CT molecular complexity index is 778. The van der Waals surface area contributed by atoms with Crippen LogP contribution in [-0.4, -0.2) is 44.4 Å². The van der Waals surface area contributed by atoms with Gasteiger partial charge in [-0.15, -0.1) is 0 Å². The summed E-state index contributed by atoms with van der Waals surface area (Å²) >= 11 is 0. The zero-order valence-electron chi connectivity index (χ0n) is 13.8. The molecule has 25 heavy (non-hydrogen) atoms. The normalized spacial score (nSPS) is 13.8. The molecule has 0 aliphatic rings. The van der Waals surface area contributed by atoms with Gasteiger partial charge in [0.15, 0.2) is 0 Å². The van der Waals surface area contributed by atoms with Crippen LogP contribution < -0.4 is 5.32 Å². The Labute approximate surface area is 147 Å². The predicted octanol–water partition coefficient (Wildman–Crippen LogP) is 1.36. The van der Waals surface area contributed by atoms with Gasteiger partial charge in [0, 0.05) is 5.56 Å². The van der Waals surface area contributed by atoms with E-state index in [1.165, 1.54) is 0 Å². The quantitative estimate of drug-likeness (QED) is 0.691. The molecule has 0 bridgehead atoms. The van der Waals surface area contributed by atoms with Crippen molar-refractivity contribution < 1.29 is 22.5 Å². The third-order valence-electron chi connectivity index (χ3n) is 3.58. The van der Waals surface area contributed by atoms with Gasteiger partial charge in [-0.05, 0) is 24.1 Å². The lowest BCUT2D eigenvalue weighted by molar-refractivity contribution is 0.0733. The molecule has 0 saturated carbocycles. The average molecular weight is 363 g/mol. The molecule has 7 heteroatoms. The highest BCUT2D eigenvalue weighted by Gasteiger charge is 2.27. The van der Waals surface area contributed by atoms with Crippen LogP contribution in [0.4, 0.5) is 0 Å². The fraction of sp³-hybridized carbons (Fsp3) is 0.278. The number of hydrogen-bond acceptors (Lipinski definition) is 5. The lowest BCUT2D eigenvalue weighted by Crippen LogP contribution is -2.48. The Balaban J connectivity index is 2.22. The Morgan fingerprint density at radius 1 is 1.08 bits per heavy atom. The average Bonchev–Trinajstić information content (AvgIpc) is 2.60. The summed E-state index contributed by atoms with van der Waals surface area (Å²) in [7, 11) is -3.78. The molecule has 0 aliphatic carbocycles. The molecule has 2 aromatic carbocycles. The third-order valence-corrected chi connectivity index (χ3v) is 4.17. The van der Waals surface area contributed by atoms with Crippen LogP contribution >= 0.6 is 0 Å². The molecule has 2 rings (SSSR count). The van der Waals surface area contributed by atoms with Crippen molar-refractivity contribution in [1.82, 2.24) is 5.32 Å². The van der Waals surface area contributed by atoms with Gasteiger partial charge in [0.1, 0.15) is 6.10 Å². The van der Waals surface area contributed by atoms with Crippen LogP contribution in [0.25, 0.3) is 0 Å². The van der Waals surface area contributed by atoms with E-state index in [9.17, 15) is 18.3 Å². The largest absolute Gasteiger partial charge is 0.394 e. The predicted molar refractivity (Wildman–Crippen MR) is 94.6 cm³/mol. The first-order valence-corrected chi connectivity index (χ1v) is 9.59. The van der Waals surface area contributed by atoms with Crippen LogP contribution in [0.2, 0.25) is 0 Å². The molecule has 0 spiro atoms. The first kappa shape index (κ1) is 19.1. The highest BCUT2D eigenvalue weighted by Crippen LogP contribution is 2.12. The molecule has 0 aliphatic heterocycles. The van der Waals surface area contributed by atoms with Crippen LogP contribution in [0.1, 0.15) is 15.9 Å². The van der Waals surface area contributed by atoms with Gasteiger partial charge < -0.3 is 10.4 Å². The molecule has 1 amide bonds. The monoisotopic (exact) mass is 363 g/mol. The van der Waals surface area contributed by atoms with E-state index in [-0.39, 0.29) is 5.91 Å². The number of rotatable bonds is 8. The number of aliphatic hydroxyl groups is 1. The maximum atomic E-state index is 12.4. The van der Waals surface area contributed by atoms with E-state index in [0.29, 0.717) is 12.0 Å². The second kappa shape index (κ2) is 8.75. The molecule has 2 N–H and O–H groups in total.